The van der Waals surface area contributed by atoms with Crippen molar-refractivity contribution in [2.75, 3.05) is 6.54 Å². The van der Waals surface area contributed by atoms with Crippen molar-refractivity contribution >= 4 is 0 Å². The molecule has 1 heteroatoms. The van der Waals surface area contributed by atoms with Crippen LogP contribution in [0.2, 0.25) is 0 Å². The molecule has 0 saturated carbocycles. The Balaban J connectivity index is 2.52. The van der Waals surface area contributed by atoms with E-state index in [9.17, 15) is 0 Å². The lowest BCUT2D eigenvalue weighted by molar-refractivity contribution is 0.364. The van der Waals surface area contributed by atoms with Gasteiger partial charge in [-0.3, -0.25) is 0 Å². The molecule has 1 N–H and O–H groups in total. The number of aryl methyl sites for hydroxylation is 1. The molecule has 0 aliphatic heterocycles. The summed E-state index contributed by atoms with van der Waals surface area (Å²) in [6.45, 7) is 10.2. The quantitative estimate of drug-likeness (QED) is 0.726. The van der Waals surface area contributed by atoms with E-state index in [1.54, 1.807) is 0 Å². The topological polar surface area (TPSA) is 12.0 Å². The molecule has 0 aliphatic rings. The lowest BCUT2D eigenvalue weighted by Crippen LogP contribution is -2.35. The highest BCUT2D eigenvalue weighted by molar-refractivity contribution is 5.22. The maximum absolute atomic E-state index is 3.66. The van der Waals surface area contributed by atoms with E-state index in [1.807, 2.05) is 0 Å². The summed E-state index contributed by atoms with van der Waals surface area (Å²) in [5.41, 5.74) is 2.90. The Morgan fingerprint density at radius 2 is 1.61 bits per heavy atom. The van der Waals surface area contributed by atoms with Crippen molar-refractivity contribution in [1.82, 2.24) is 5.32 Å². The Hall–Kier alpha value is -0.820. The third-order valence-corrected chi connectivity index (χ3v) is 3.77. The average molecular weight is 247 g/mol. The standard InChI is InChI=1S/C17H29N/c1-5-12-18-17(7-3)14(4)13-16-10-8-15(6-2)9-11-16/h8-11,14,17-18H,5-7,12-13H2,1-4H3. The number of nitrogens with one attached hydrogen (secondary N) is 1. The molecule has 0 aliphatic carbocycles. The van der Waals surface area contributed by atoms with E-state index in [4.69, 9.17) is 0 Å². The van der Waals surface area contributed by atoms with E-state index in [0.717, 1.165) is 13.0 Å². The Labute approximate surface area is 113 Å². The van der Waals surface area contributed by atoms with Gasteiger partial charge in [-0.05, 0) is 49.3 Å². The molecule has 1 nitrogen and oxygen atoms in total. The predicted octanol–water partition coefficient (Wildman–Crippen LogP) is 4.21. The highest BCUT2D eigenvalue weighted by atomic mass is 14.9. The average Bonchev–Trinajstić information content (AvgIpc) is 2.40. The van der Waals surface area contributed by atoms with Gasteiger partial charge >= 0.3 is 0 Å². The van der Waals surface area contributed by atoms with E-state index in [1.165, 1.54) is 30.4 Å². The van der Waals surface area contributed by atoms with E-state index < -0.39 is 0 Å². The minimum atomic E-state index is 0.649. The van der Waals surface area contributed by atoms with Crippen molar-refractivity contribution in [2.24, 2.45) is 5.92 Å². The molecule has 0 bridgehead atoms. The molecule has 0 saturated heterocycles. The number of hydrogen-bond donors (Lipinski definition) is 1. The molecule has 0 aromatic heterocycles. The van der Waals surface area contributed by atoms with Gasteiger partial charge < -0.3 is 5.32 Å². The second kappa shape index (κ2) is 8.31. The summed E-state index contributed by atoms with van der Waals surface area (Å²) < 4.78 is 0. The first-order valence-corrected chi connectivity index (χ1v) is 7.52. The van der Waals surface area contributed by atoms with Crippen molar-refractivity contribution < 1.29 is 0 Å². The third kappa shape index (κ3) is 4.81. The minimum absolute atomic E-state index is 0.649. The van der Waals surface area contributed by atoms with Gasteiger partial charge in [0.1, 0.15) is 0 Å². The van der Waals surface area contributed by atoms with Crippen LogP contribution in [0, 0.1) is 5.92 Å². The van der Waals surface area contributed by atoms with E-state index in [2.05, 4.69) is 57.3 Å². The highest BCUT2D eigenvalue weighted by Crippen LogP contribution is 2.15. The first-order valence-electron chi connectivity index (χ1n) is 7.52. The first-order chi connectivity index (χ1) is 8.71. The molecular weight excluding hydrogens is 218 g/mol. The number of rotatable bonds is 8. The lowest BCUT2D eigenvalue weighted by atomic mass is 9.92. The normalized spacial score (nSPS) is 14.4. The summed E-state index contributed by atoms with van der Waals surface area (Å²) in [7, 11) is 0. The second-order valence-corrected chi connectivity index (χ2v) is 5.32. The van der Waals surface area contributed by atoms with E-state index >= 15 is 0 Å². The summed E-state index contributed by atoms with van der Waals surface area (Å²) >= 11 is 0. The maximum Gasteiger partial charge on any atom is 0.00932 e. The molecule has 0 heterocycles. The predicted molar refractivity (Wildman–Crippen MR) is 81.1 cm³/mol. The summed E-state index contributed by atoms with van der Waals surface area (Å²) in [4.78, 5) is 0. The summed E-state index contributed by atoms with van der Waals surface area (Å²) in [5.74, 6) is 0.703. The minimum Gasteiger partial charge on any atom is -0.314 e. The van der Waals surface area contributed by atoms with Gasteiger partial charge in [0.2, 0.25) is 0 Å². The van der Waals surface area contributed by atoms with Gasteiger partial charge in [0, 0.05) is 6.04 Å². The molecule has 1 aromatic rings. The van der Waals surface area contributed by atoms with Gasteiger partial charge in [0.25, 0.3) is 0 Å². The number of hydrogen-bond acceptors (Lipinski definition) is 1. The molecule has 1 aromatic carbocycles. The first kappa shape index (κ1) is 15.2. The molecule has 102 valence electrons. The Kier molecular flexibility index (Phi) is 7.04. The number of benzene rings is 1. The molecule has 18 heavy (non-hydrogen) atoms. The lowest BCUT2D eigenvalue weighted by Gasteiger charge is -2.24. The molecule has 1 rings (SSSR count). The molecule has 0 fully saturated rings. The van der Waals surface area contributed by atoms with Gasteiger partial charge in [-0.15, -0.1) is 0 Å². The summed E-state index contributed by atoms with van der Waals surface area (Å²) in [5, 5.41) is 3.66. The smallest absolute Gasteiger partial charge is 0.00932 e. The molecule has 0 amide bonds. The van der Waals surface area contributed by atoms with Crippen LogP contribution >= 0.6 is 0 Å². The van der Waals surface area contributed by atoms with Gasteiger partial charge in [-0.2, -0.15) is 0 Å². The van der Waals surface area contributed by atoms with Crippen LogP contribution in [0.1, 0.15) is 51.7 Å². The SMILES string of the molecule is CCCNC(CC)C(C)Cc1ccc(CC)cc1. The van der Waals surface area contributed by atoms with E-state index in [0.29, 0.717) is 12.0 Å². The van der Waals surface area contributed by atoms with Gasteiger partial charge in [0.15, 0.2) is 0 Å². The zero-order valence-electron chi connectivity index (χ0n) is 12.5. The van der Waals surface area contributed by atoms with E-state index in [-0.39, 0.29) is 0 Å². The molecule has 2 atom stereocenters. The molecule has 0 spiro atoms. The molecular formula is C17H29N. The van der Waals surface area contributed by atoms with Crippen molar-refractivity contribution in [3.63, 3.8) is 0 Å². The zero-order chi connectivity index (χ0) is 13.4. The largest absolute Gasteiger partial charge is 0.314 e. The Morgan fingerprint density at radius 3 is 2.11 bits per heavy atom. The molecule has 0 radical (unpaired) electrons. The Bertz CT molecular complexity index is 315. The fraction of sp³-hybridized carbons (Fsp3) is 0.647. The van der Waals surface area contributed by atoms with Crippen LogP contribution in [-0.2, 0) is 12.8 Å². The zero-order valence-corrected chi connectivity index (χ0v) is 12.5. The van der Waals surface area contributed by atoms with Crippen LogP contribution < -0.4 is 5.32 Å². The Morgan fingerprint density at radius 1 is 1.00 bits per heavy atom. The van der Waals surface area contributed by atoms with Crippen LogP contribution in [0.15, 0.2) is 24.3 Å². The van der Waals surface area contributed by atoms with Crippen LogP contribution in [0.5, 0.6) is 0 Å². The van der Waals surface area contributed by atoms with Crippen LogP contribution in [-0.4, -0.2) is 12.6 Å². The van der Waals surface area contributed by atoms with Crippen LogP contribution in [0.4, 0.5) is 0 Å². The monoisotopic (exact) mass is 247 g/mol. The molecule has 2 unspecified atom stereocenters. The third-order valence-electron chi connectivity index (χ3n) is 3.77. The van der Waals surface area contributed by atoms with Gasteiger partial charge in [-0.25, -0.2) is 0 Å². The van der Waals surface area contributed by atoms with Crippen LogP contribution in [0.25, 0.3) is 0 Å². The van der Waals surface area contributed by atoms with Crippen molar-refractivity contribution in [1.29, 1.82) is 0 Å². The fourth-order valence-corrected chi connectivity index (χ4v) is 2.50. The summed E-state index contributed by atoms with van der Waals surface area (Å²) in [6.07, 6.45) is 4.74. The fourth-order valence-electron chi connectivity index (χ4n) is 2.50. The van der Waals surface area contributed by atoms with Crippen molar-refractivity contribution in [3.8, 4) is 0 Å². The highest BCUT2D eigenvalue weighted by Gasteiger charge is 2.14. The van der Waals surface area contributed by atoms with Crippen molar-refractivity contribution in [3.05, 3.63) is 35.4 Å². The summed E-state index contributed by atoms with van der Waals surface area (Å²) in [6, 6.07) is 9.77. The van der Waals surface area contributed by atoms with Gasteiger partial charge in [0.05, 0.1) is 0 Å². The van der Waals surface area contributed by atoms with Gasteiger partial charge in [-0.1, -0.05) is 52.0 Å². The second-order valence-electron chi connectivity index (χ2n) is 5.32. The van der Waals surface area contributed by atoms with Crippen molar-refractivity contribution in [2.45, 2.75) is 59.4 Å². The van der Waals surface area contributed by atoms with Crippen LogP contribution in [0.3, 0.4) is 0 Å². The maximum atomic E-state index is 3.66.